The predicted molar refractivity (Wildman–Crippen MR) is 65.5 cm³/mol. The SMILES string of the molecule is CC(C)CN(C)C(=O)c1ccc(F)c(S)c1. The molecule has 0 saturated carbocycles. The monoisotopic (exact) mass is 241 g/mol. The Morgan fingerprint density at radius 3 is 2.62 bits per heavy atom. The molecule has 0 bridgehead atoms. The molecule has 0 aliphatic rings. The predicted octanol–water partition coefficient (Wildman–Crippen LogP) is 2.84. The minimum atomic E-state index is -0.411. The third kappa shape index (κ3) is 3.23. The molecule has 0 fully saturated rings. The van der Waals surface area contributed by atoms with Gasteiger partial charge in [0.1, 0.15) is 5.82 Å². The quantitative estimate of drug-likeness (QED) is 0.807. The number of rotatable bonds is 3. The molecule has 1 amide bonds. The van der Waals surface area contributed by atoms with Gasteiger partial charge in [-0.3, -0.25) is 4.79 Å². The fraction of sp³-hybridized carbons (Fsp3) is 0.417. The van der Waals surface area contributed by atoms with Gasteiger partial charge >= 0.3 is 0 Å². The van der Waals surface area contributed by atoms with Gasteiger partial charge in [-0.25, -0.2) is 4.39 Å². The lowest BCUT2D eigenvalue weighted by Crippen LogP contribution is -2.30. The van der Waals surface area contributed by atoms with Crippen LogP contribution in [-0.2, 0) is 0 Å². The van der Waals surface area contributed by atoms with Crippen molar-refractivity contribution in [3.05, 3.63) is 29.6 Å². The molecule has 1 rings (SSSR count). The molecule has 1 aromatic carbocycles. The van der Waals surface area contributed by atoms with Crippen molar-refractivity contribution < 1.29 is 9.18 Å². The summed E-state index contributed by atoms with van der Waals surface area (Å²) >= 11 is 3.95. The first-order valence-corrected chi connectivity index (χ1v) is 5.60. The molecule has 4 heteroatoms. The maximum absolute atomic E-state index is 13.0. The molecule has 0 atom stereocenters. The van der Waals surface area contributed by atoms with Crippen LogP contribution >= 0.6 is 12.6 Å². The second kappa shape index (κ2) is 5.34. The Balaban J connectivity index is 2.84. The molecule has 0 aromatic heterocycles. The van der Waals surface area contributed by atoms with E-state index >= 15 is 0 Å². The molecular weight excluding hydrogens is 225 g/mol. The number of hydrogen-bond donors (Lipinski definition) is 1. The third-order valence-electron chi connectivity index (χ3n) is 2.18. The van der Waals surface area contributed by atoms with E-state index in [1.807, 2.05) is 13.8 Å². The van der Waals surface area contributed by atoms with Gasteiger partial charge in [-0.15, -0.1) is 12.6 Å². The zero-order valence-corrected chi connectivity index (χ0v) is 10.6. The molecule has 0 heterocycles. The molecular formula is C12H16FNOS. The van der Waals surface area contributed by atoms with Crippen molar-refractivity contribution in [1.29, 1.82) is 0 Å². The maximum atomic E-state index is 13.0. The Kier molecular flexibility index (Phi) is 4.35. The number of amides is 1. The summed E-state index contributed by atoms with van der Waals surface area (Å²) < 4.78 is 13.0. The van der Waals surface area contributed by atoms with Crippen molar-refractivity contribution in [2.24, 2.45) is 5.92 Å². The van der Waals surface area contributed by atoms with Crippen molar-refractivity contribution in [3.63, 3.8) is 0 Å². The van der Waals surface area contributed by atoms with Gasteiger partial charge in [0.25, 0.3) is 5.91 Å². The molecule has 0 aliphatic carbocycles. The van der Waals surface area contributed by atoms with Crippen molar-refractivity contribution in [1.82, 2.24) is 4.90 Å². The standard InChI is InChI=1S/C12H16FNOS/c1-8(2)7-14(3)12(15)9-4-5-10(13)11(16)6-9/h4-6,8,16H,7H2,1-3H3. The van der Waals surface area contributed by atoms with Crippen LogP contribution in [0.3, 0.4) is 0 Å². The highest BCUT2D eigenvalue weighted by molar-refractivity contribution is 7.80. The molecule has 0 saturated heterocycles. The first-order chi connectivity index (χ1) is 7.41. The van der Waals surface area contributed by atoms with Crippen molar-refractivity contribution in [2.45, 2.75) is 18.7 Å². The summed E-state index contributed by atoms with van der Waals surface area (Å²) in [5, 5.41) is 0. The van der Waals surface area contributed by atoms with Crippen LogP contribution in [0.1, 0.15) is 24.2 Å². The summed E-state index contributed by atoms with van der Waals surface area (Å²) in [6, 6.07) is 4.20. The lowest BCUT2D eigenvalue weighted by molar-refractivity contribution is 0.0779. The minimum Gasteiger partial charge on any atom is -0.341 e. The highest BCUT2D eigenvalue weighted by atomic mass is 32.1. The molecule has 2 nitrogen and oxygen atoms in total. The first-order valence-electron chi connectivity index (χ1n) is 5.15. The number of halogens is 1. The zero-order valence-electron chi connectivity index (χ0n) is 9.70. The number of thiol groups is 1. The van der Waals surface area contributed by atoms with E-state index in [0.29, 0.717) is 18.0 Å². The highest BCUT2D eigenvalue weighted by Crippen LogP contribution is 2.15. The number of carbonyl (C=O) groups is 1. The molecule has 16 heavy (non-hydrogen) atoms. The Morgan fingerprint density at radius 2 is 2.12 bits per heavy atom. The fourth-order valence-electron chi connectivity index (χ4n) is 1.50. The second-order valence-electron chi connectivity index (χ2n) is 4.25. The Hall–Kier alpha value is -1.03. The van der Waals surface area contributed by atoms with Gasteiger partial charge in [-0.05, 0) is 24.1 Å². The third-order valence-corrected chi connectivity index (χ3v) is 2.52. The van der Waals surface area contributed by atoms with Crippen LogP contribution in [0.25, 0.3) is 0 Å². The summed E-state index contributed by atoms with van der Waals surface area (Å²) in [5.41, 5.74) is 0.467. The normalized spacial score (nSPS) is 10.6. The van der Waals surface area contributed by atoms with Crippen LogP contribution in [0.2, 0.25) is 0 Å². The van der Waals surface area contributed by atoms with E-state index in [2.05, 4.69) is 12.6 Å². The number of benzene rings is 1. The van der Waals surface area contributed by atoms with E-state index in [1.165, 1.54) is 18.2 Å². The Bertz CT molecular complexity index is 393. The van der Waals surface area contributed by atoms with Crippen LogP contribution < -0.4 is 0 Å². The molecule has 0 aliphatic heterocycles. The van der Waals surface area contributed by atoms with Crippen LogP contribution in [0.5, 0.6) is 0 Å². The van der Waals surface area contributed by atoms with Gasteiger partial charge in [-0.1, -0.05) is 13.8 Å². The topological polar surface area (TPSA) is 20.3 Å². The van der Waals surface area contributed by atoms with E-state index in [4.69, 9.17) is 0 Å². The average molecular weight is 241 g/mol. The summed E-state index contributed by atoms with van der Waals surface area (Å²) in [5.74, 6) is -0.111. The molecule has 88 valence electrons. The van der Waals surface area contributed by atoms with Gasteiger partial charge in [0.2, 0.25) is 0 Å². The smallest absolute Gasteiger partial charge is 0.253 e. The zero-order chi connectivity index (χ0) is 12.3. The van der Waals surface area contributed by atoms with E-state index in [-0.39, 0.29) is 10.8 Å². The number of carbonyl (C=O) groups excluding carboxylic acids is 1. The van der Waals surface area contributed by atoms with Gasteiger partial charge in [-0.2, -0.15) is 0 Å². The lowest BCUT2D eigenvalue weighted by atomic mass is 10.1. The second-order valence-corrected chi connectivity index (χ2v) is 4.73. The number of hydrogen-bond acceptors (Lipinski definition) is 2. The van der Waals surface area contributed by atoms with Crippen molar-refractivity contribution >= 4 is 18.5 Å². The van der Waals surface area contributed by atoms with Crippen molar-refractivity contribution in [3.8, 4) is 0 Å². The summed E-state index contributed by atoms with van der Waals surface area (Å²) in [6.07, 6.45) is 0. The van der Waals surface area contributed by atoms with E-state index < -0.39 is 5.82 Å². The summed E-state index contributed by atoms with van der Waals surface area (Å²) in [6.45, 7) is 4.76. The largest absolute Gasteiger partial charge is 0.341 e. The molecule has 0 spiro atoms. The average Bonchev–Trinajstić information content (AvgIpc) is 2.20. The molecule has 0 radical (unpaired) electrons. The molecule has 1 aromatic rings. The van der Waals surface area contributed by atoms with Crippen molar-refractivity contribution in [2.75, 3.05) is 13.6 Å². The highest BCUT2D eigenvalue weighted by Gasteiger charge is 2.13. The van der Waals surface area contributed by atoms with Crippen LogP contribution in [0.15, 0.2) is 23.1 Å². The summed E-state index contributed by atoms with van der Waals surface area (Å²) in [4.78, 5) is 13.7. The Labute approximate surface area is 101 Å². The number of nitrogens with zero attached hydrogens (tertiary/aromatic N) is 1. The van der Waals surface area contributed by atoms with Gasteiger partial charge in [0.05, 0.1) is 0 Å². The van der Waals surface area contributed by atoms with E-state index in [9.17, 15) is 9.18 Å². The molecule has 0 unspecified atom stereocenters. The van der Waals surface area contributed by atoms with Crippen LogP contribution in [0.4, 0.5) is 4.39 Å². The molecule has 0 N–H and O–H groups in total. The van der Waals surface area contributed by atoms with E-state index in [1.54, 1.807) is 11.9 Å². The Morgan fingerprint density at radius 1 is 1.50 bits per heavy atom. The summed E-state index contributed by atoms with van der Waals surface area (Å²) in [7, 11) is 1.74. The maximum Gasteiger partial charge on any atom is 0.253 e. The van der Waals surface area contributed by atoms with Gasteiger partial charge in [0, 0.05) is 24.1 Å². The minimum absolute atomic E-state index is 0.107. The van der Waals surface area contributed by atoms with Gasteiger partial charge in [0.15, 0.2) is 0 Å². The first kappa shape index (κ1) is 13.0. The van der Waals surface area contributed by atoms with E-state index in [0.717, 1.165) is 0 Å². The van der Waals surface area contributed by atoms with Crippen LogP contribution in [-0.4, -0.2) is 24.4 Å². The lowest BCUT2D eigenvalue weighted by Gasteiger charge is -2.19. The fourth-order valence-corrected chi connectivity index (χ4v) is 1.71. The van der Waals surface area contributed by atoms with Gasteiger partial charge < -0.3 is 4.90 Å². The van der Waals surface area contributed by atoms with Crippen LogP contribution in [0, 0.1) is 11.7 Å².